The Balaban J connectivity index is 1.70. The highest BCUT2D eigenvalue weighted by molar-refractivity contribution is 9.26. The highest BCUT2D eigenvalue weighted by Gasteiger charge is 2.55. The number of epoxide rings is 1. The first kappa shape index (κ1) is 18.2. The normalized spacial score (nSPS) is 34.8. The van der Waals surface area contributed by atoms with E-state index in [9.17, 15) is 4.79 Å². The number of halogens is 3. The van der Waals surface area contributed by atoms with Gasteiger partial charge in [-0.05, 0) is 51.4 Å². The summed E-state index contributed by atoms with van der Waals surface area (Å²) in [6.07, 6.45) is 4.92. The van der Waals surface area contributed by atoms with Crippen molar-refractivity contribution in [1.82, 2.24) is 0 Å². The summed E-state index contributed by atoms with van der Waals surface area (Å²) in [5, 5.41) is 0. The van der Waals surface area contributed by atoms with E-state index in [4.69, 9.17) is 9.47 Å². The van der Waals surface area contributed by atoms with Crippen LogP contribution in [0.3, 0.4) is 0 Å². The highest BCUT2D eigenvalue weighted by Crippen LogP contribution is 2.51. The van der Waals surface area contributed by atoms with Crippen LogP contribution in [0.4, 0.5) is 0 Å². The molecule has 1 aliphatic heterocycles. The molecule has 0 bridgehead atoms. The van der Waals surface area contributed by atoms with Crippen LogP contribution in [0.2, 0.25) is 0 Å². The van der Waals surface area contributed by atoms with Crippen LogP contribution in [0.25, 0.3) is 0 Å². The standard InChI is InChI=1S/C15H23Br3O3/c1-9(11-4-6-14(3)12(8-11)21-14)5-7-20-13(19)15(17,18)10(2)16/h9-12H,4-8H2,1-3H3. The van der Waals surface area contributed by atoms with Crippen molar-refractivity contribution in [1.29, 1.82) is 0 Å². The summed E-state index contributed by atoms with van der Waals surface area (Å²) in [5.74, 6) is 0.978. The lowest BCUT2D eigenvalue weighted by Gasteiger charge is -2.28. The number of hydrogen-bond acceptors (Lipinski definition) is 3. The fourth-order valence-corrected chi connectivity index (χ4v) is 3.44. The lowest BCUT2D eigenvalue weighted by atomic mass is 9.76. The van der Waals surface area contributed by atoms with E-state index in [1.807, 2.05) is 6.92 Å². The third-order valence-corrected chi connectivity index (χ3v) is 8.88. The van der Waals surface area contributed by atoms with Gasteiger partial charge in [0.15, 0.2) is 3.23 Å². The van der Waals surface area contributed by atoms with E-state index in [1.165, 1.54) is 12.8 Å². The second-order valence-electron chi connectivity index (χ2n) is 6.59. The van der Waals surface area contributed by atoms with Gasteiger partial charge in [-0.25, -0.2) is 4.79 Å². The molecule has 0 radical (unpaired) electrons. The minimum atomic E-state index is -0.849. The molecule has 5 atom stereocenters. The topological polar surface area (TPSA) is 38.8 Å². The number of carbonyl (C=O) groups is 1. The Labute approximate surface area is 152 Å². The van der Waals surface area contributed by atoms with Crippen LogP contribution in [0, 0.1) is 11.8 Å². The van der Waals surface area contributed by atoms with Crippen molar-refractivity contribution in [3.8, 4) is 0 Å². The summed E-state index contributed by atoms with van der Waals surface area (Å²) in [5.41, 5.74) is 0.181. The summed E-state index contributed by atoms with van der Waals surface area (Å²) in [6.45, 7) is 6.83. The zero-order valence-electron chi connectivity index (χ0n) is 12.7. The van der Waals surface area contributed by atoms with Gasteiger partial charge in [0.1, 0.15) is 0 Å². The minimum Gasteiger partial charge on any atom is -0.464 e. The largest absolute Gasteiger partial charge is 0.464 e. The Bertz CT molecular complexity index is 400. The van der Waals surface area contributed by atoms with Crippen molar-refractivity contribution in [2.24, 2.45) is 11.8 Å². The van der Waals surface area contributed by atoms with Crippen LogP contribution in [0.15, 0.2) is 0 Å². The summed E-state index contributed by atoms with van der Waals surface area (Å²) in [6, 6.07) is 0. The number of rotatable bonds is 6. The number of esters is 1. The van der Waals surface area contributed by atoms with Gasteiger partial charge >= 0.3 is 5.97 Å². The maximum absolute atomic E-state index is 12.0. The highest BCUT2D eigenvalue weighted by atomic mass is 79.9. The van der Waals surface area contributed by atoms with Crippen LogP contribution < -0.4 is 0 Å². The van der Waals surface area contributed by atoms with Crippen molar-refractivity contribution in [2.75, 3.05) is 6.61 Å². The van der Waals surface area contributed by atoms with Gasteiger partial charge in [0.25, 0.3) is 0 Å². The van der Waals surface area contributed by atoms with Gasteiger partial charge < -0.3 is 9.47 Å². The molecule has 21 heavy (non-hydrogen) atoms. The van der Waals surface area contributed by atoms with Gasteiger partial charge in [-0.1, -0.05) is 54.7 Å². The molecule has 0 aromatic rings. The molecule has 2 rings (SSSR count). The van der Waals surface area contributed by atoms with Gasteiger partial charge in [-0.3, -0.25) is 0 Å². The van der Waals surface area contributed by atoms with Gasteiger partial charge in [-0.2, -0.15) is 0 Å². The first-order chi connectivity index (χ1) is 9.67. The molecule has 1 saturated carbocycles. The number of fused-ring (bicyclic) bond motifs is 1. The summed E-state index contributed by atoms with van der Waals surface area (Å²) < 4.78 is 10.3. The van der Waals surface area contributed by atoms with E-state index in [0.29, 0.717) is 24.5 Å². The molecule has 1 aliphatic carbocycles. The van der Waals surface area contributed by atoms with E-state index in [-0.39, 0.29) is 16.4 Å². The van der Waals surface area contributed by atoms with Crippen molar-refractivity contribution in [2.45, 2.75) is 66.2 Å². The average molecular weight is 491 g/mol. The smallest absolute Gasteiger partial charge is 0.334 e. The van der Waals surface area contributed by atoms with Gasteiger partial charge in [0, 0.05) is 4.83 Å². The number of ether oxygens (including phenoxy) is 2. The second kappa shape index (κ2) is 6.78. The summed E-state index contributed by atoms with van der Waals surface area (Å²) >= 11 is 10.1. The molecule has 6 heteroatoms. The second-order valence-corrected chi connectivity index (χ2v) is 11.5. The van der Waals surface area contributed by atoms with Gasteiger partial charge in [0.05, 0.1) is 18.3 Å². The summed E-state index contributed by atoms with van der Waals surface area (Å²) in [4.78, 5) is 11.9. The molecular formula is C15H23Br3O3. The Morgan fingerprint density at radius 3 is 2.71 bits per heavy atom. The lowest BCUT2D eigenvalue weighted by Crippen LogP contribution is -2.35. The average Bonchev–Trinajstić information content (AvgIpc) is 3.08. The molecule has 122 valence electrons. The van der Waals surface area contributed by atoms with E-state index in [2.05, 4.69) is 61.6 Å². The molecule has 0 amide bonds. The van der Waals surface area contributed by atoms with Crippen molar-refractivity contribution in [3.05, 3.63) is 0 Å². The lowest BCUT2D eigenvalue weighted by molar-refractivity contribution is -0.143. The van der Waals surface area contributed by atoms with Crippen LogP contribution in [0.5, 0.6) is 0 Å². The van der Waals surface area contributed by atoms with E-state index in [0.717, 1.165) is 12.8 Å². The van der Waals surface area contributed by atoms with Crippen LogP contribution in [-0.4, -0.2) is 32.3 Å². The Morgan fingerprint density at radius 1 is 1.48 bits per heavy atom. The van der Waals surface area contributed by atoms with E-state index >= 15 is 0 Å². The first-order valence-corrected chi connectivity index (χ1v) is 10.0. The van der Waals surface area contributed by atoms with Crippen molar-refractivity contribution < 1.29 is 14.3 Å². The SMILES string of the molecule is CC(CCOC(=O)C(Br)(Br)C(C)Br)C1CCC2(C)OC2C1. The number of alkyl halides is 3. The van der Waals surface area contributed by atoms with Crippen LogP contribution in [0.1, 0.15) is 46.5 Å². The predicted octanol–water partition coefficient (Wildman–Crippen LogP) is 4.78. The molecule has 3 nitrogen and oxygen atoms in total. The summed E-state index contributed by atoms with van der Waals surface area (Å²) in [7, 11) is 0. The van der Waals surface area contributed by atoms with Crippen LogP contribution in [-0.2, 0) is 14.3 Å². The predicted molar refractivity (Wildman–Crippen MR) is 94.3 cm³/mol. The maximum atomic E-state index is 12.0. The van der Waals surface area contributed by atoms with E-state index < -0.39 is 3.23 Å². The molecule has 1 heterocycles. The Kier molecular flexibility index (Phi) is 5.88. The molecule has 0 N–H and O–H groups in total. The minimum absolute atomic E-state index is 0.0574. The van der Waals surface area contributed by atoms with E-state index in [1.54, 1.807) is 0 Å². The van der Waals surface area contributed by atoms with Crippen molar-refractivity contribution >= 4 is 53.8 Å². The fraction of sp³-hybridized carbons (Fsp3) is 0.933. The molecular weight excluding hydrogens is 468 g/mol. The van der Waals surface area contributed by atoms with Gasteiger partial charge in [0.2, 0.25) is 0 Å². The monoisotopic (exact) mass is 488 g/mol. The molecule has 0 aromatic carbocycles. The van der Waals surface area contributed by atoms with Crippen LogP contribution >= 0.6 is 47.8 Å². The zero-order chi connectivity index (χ0) is 15.8. The third kappa shape index (κ3) is 4.24. The Hall–Kier alpha value is 0.870. The maximum Gasteiger partial charge on any atom is 0.334 e. The quantitative estimate of drug-likeness (QED) is 0.305. The Morgan fingerprint density at radius 2 is 2.14 bits per heavy atom. The molecule has 2 aliphatic rings. The first-order valence-electron chi connectivity index (χ1n) is 7.53. The zero-order valence-corrected chi connectivity index (χ0v) is 17.5. The molecule has 5 unspecified atom stereocenters. The number of hydrogen-bond donors (Lipinski definition) is 0. The molecule has 0 spiro atoms. The number of carbonyl (C=O) groups excluding carboxylic acids is 1. The molecule has 2 fully saturated rings. The molecule has 1 saturated heterocycles. The van der Waals surface area contributed by atoms with Crippen molar-refractivity contribution in [3.63, 3.8) is 0 Å². The third-order valence-electron chi connectivity index (χ3n) is 4.95. The van der Waals surface area contributed by atoms with Gasteiger partial charge in [-0.15, -0.1) is 0 Å². The molecule has 0 aromatic heterocycles. The fourth-order valence-electron chi connectivity index (χ4n) is 3.02.